The number of halogens is 2. The highest BCUT2D eigenvalue weighted by Gasteiger charge is 2.19. The lowest BCUT2D eigenvalue weighted by atomic mass is 9.96. The normalized spacial score (nSPS) is 17.3. The Bertz CT molecular complexity index is 565. The summed E-state index contributed by atoms with van der Waals surface area (Å²) in [6, 6.07) is 8.38. The Morgan fingerprint density at radius 2 is 2.04 bits per heavy atom. The number of likely N-dealkylation sites (tertiary alicyclic amines) is 1. The standard InChI is InChI=1S/C20H33ClN4O.HI/c1-4-22-20(24-16(2)15-26-3)23-13-17-9-11-25(12-10-17)14-18-7-5-6-8-19(18)21;/h5-8,16-17H,4,9-15H2,1-3H3,(H2,22,23,24);1H. The van der Waals surface area contributed by atoms with E-state index in [2.05, 4.69) is 41.5 Å². The second-order valence-corrected chi connectivity index (χ2v) is 7.44. The number of nitrogens with one attached hydrogen (secondary N) is 2. The van der Waals surface area contributed by atoms with E-state index in [1.165, 1.54) is 18.4 Å². The van der Waals surface area contributed by atoms with Crippen LogP contribution in [0.3, 0.4) is 0 Å². The summed E-state index contributed by atoms with van der Waals surface area (Å²) in [5.41, 5.74) is 1.22. The third-order valence-corrected chi connectivity index (χ3v) is 5.08. The Hall–Kier alpha value is -0.570. The van der Waals surface area contributed by atoms with Crippen LogP contribution in [0.2, 0.25) is 5.02 Å². The molecule has 1 atom stereocenters. The molecule has 2 N–H and O–H groups in total. The van der Waals surface area contributed by atoms with Gasteiger partial charge in [0, 0.05) is 37.8 Å². The molecule has 0 aromatic heterocycles. The molecule has 1 unspecified atom stereocenters. The monoisotopic (exact) mass is 508 g/mol. The summed E-state index contributed by atoms with van der Waals surface area (Å²) in [5, 5.41) is 7.58. The van der Waals surface area contributed by atoms with Gasteiger partial charge in [-0.1, -0.05) is 29.8 Å². The molecule has 1 saturated heterocycles. The molecule has 0 spiro atoms. The van der Waals surface area contributed by atoms with Crippen LogP contribution in [0.1, 0.15) is 32.3 Å². The van der Waals surface area contributed by atoms with E-state index in [0.717, 1.165) is 43.7 Å². The number of methoxy groups -OCH3 is 1. The lowest BCUT2D eigenvalue weighted by molar-refractivity contribution is 0.177. The van der Waals surface area contributed by atoms with Crippen LogP contribution in [0.25, 0.3) is 0 Å². The highest BCUT2D eigenvalue weighted by atomic mass is 127. The molecule has 0 saturated carbocycles. The molecule has 1 fully saturated rings. The van der Waals surface area contributed by atoms with E-state index < -0.39 is 0 Å². The molecule has 0 radical (unpaired) electrons. The van der Waals surface area contributed by atoms with E-state index in [1.54, 1.807) is 7.11 Å². The molecule has 1 aromatic carbocycles. The SMILES string of the molecule is CCNC(=NCC1CCN(Cc2ccccc2Cl)CC1)NC(C)COC.I. The molecule has 1 aliphatic rings. The minimum absolute atomic E-state index is 0. The van der Waals surface area contributed by atoms with E-state index in [9.17, 15) is 0 Å². The lowest BCUT2D eigenvalue weighted by Gasteiger charge is -2.31. The smallest absolute Gasteiger partial charge is 0.191 e. The maximum atomic E-state index is 6.28. The van der Waals surface area contributed by atoms with Gasteiger partial charge in [0.1, 0.15) is 0 Å². The van der Waals surface area contributed by atoms with Crippen molar-refractivity contribution >= 4 is 41.5 Å². The van der Waals surface area contributed by atoms with Crippen molar-refractivity contribution in [3.63, 3.8) is 0 Å². The van der Waals surface area contributed by atoms with Crippen LogP contribution in [0.15, 0.2) is 29.3 Å². The van der Waals surface area contributed by atoms with Crippen LogP contribution in [-0.2, 0) is 11.3 Å². The molecule has 1 aliphatic heterocycles. The van der Waals surface area contributed by atoms with E-state index in [-0.39, 0.29) is 30.0 Å². The van der Waals surface area contributed by atoms with Crippen molar-refractivity contribution in [1.29, 1.82) is 0 Å². The molecular weight excluding hydrogens is 475 g/mol. The molecule has 0 amide bonds. The zero-order valence-corrected chi connectivity index (χ0v) is 19.8. The number of rotatable bonds is 8. The van der Waals surface area contributed by atoms with Gasteiger partial charge in [-0.15, -0.1) is 24.0 Å². The van der Waals surface area contributed by atoms with E-state index in [1.807, 2.05) is 12.1 Å². The van der Waals surface area contributed by atoms with Gasteiger partial charge in [-0.2, -0.15) is 0 Å². The third kappa shape index (κ3) is 8.98. The summed E-state index contributed by atoms with van der Waals surface area (Å²) < 4.78 is 5.19. The highest BCUT2D eigenvalue weighted by Crippen LogP contribution is 2.22. The molecule has 27 heavy (non-hydrogen) atoms. The summed E-state index contributed by atoms with van der Waals surface area (Å²) in [4.78, 5) is 7.27. The zero-order valence-electron chi connectivity index (χ0n) is 16.7. The maximum absolute atomic E-state index is 6.28. The average molecular weight is 509 g/mol. The molecular formula is C20H34ClIN4O. The van der Waals surface area contributed by atoms with Gasteiger partial charge in [0.15, 0.2) is 5.96 Å². The van der Waals surface area contributed by atoms with Crippen molar-refractivity contribution < 1.29 is 4.74 Å². The van der Waals surface area contributed by atoms with E-state index in [4.69, 9.17) is 21.3 Å². The first kappa shape index (κ1) is 24.5. The Morgan fingerprint density at radius 3 is 2.67 bits per heavy atom. The summed E-state index contributed by atoms with van der Waals surface area (Å²) in [6.45, 7) is 9.75. The number of aliphatic imine (C=N–C) groups is 1. The number of hydrogen-bond donors (Lipinski definition) is 2. The van der Waals surface area contributed by atoms with Crippen molar-refractivity contribution in [1.82, 2.24) is 15.5 Å². The van der Waals surface area contributed by atoms with Crippen molar-refractivity contribution in [2.24, 2.45) is 10.9 Å². The van der Waals surface area contributed by atoms with Crippen molar-refractivity contribution in [2.45, 2.75) is 39.3 Å². The van der Waals surface area contributed by atoms with Gasteiger partial charge >= 0.3 is 0 Å². The first-order valence-corrected chi connectivity index (χ1v) is 9.99. The number of guanidine groups is 1. The molecule has 5 nitrogen and oxygen atoms in total. The fourth-order valence-corrected chi connectivity index (χ4v) is 3.46. The van der Waals surface area contributed by atoms with Crippen molar-refractivity contribution in [2.75, 3.05) is 39.9 Å². The topological polar surface area (TPSA) is 48.9 Å². The molecule has 0 aliphatic carbocycles. The summed E-state index contributed by atoms with van der Waals surface area (Å²) >= 11 is 6.28. The quantitative estimate of drug-likeness (QED) is 0.319. The van der Waals surface area contributed by atoms with Gasteiger partial charge in [-0.3, -0.25) is 9.89 Å². The summed E-state index contributed by atoms with van der Waals surface area (Å²) in [5.74, 6) is 1.53. The van der Waals surface area contributed by atoms with Crippen LogP contribution < -0.4 is 10.6 Å². The van der Waals surface area contributed by atoms with E-state index >= 15 is 0 Å². The number of piperidine rings is 1. The highest BCUT2D eigenvalue weighted by molar-refractivity contribution is 14.0. The number of ether oxygens (including phenoxy) is 1. The second-order valence-electron chi connectivity index (χ2n) is 7.03. The fourth-order valence-electron chi connectivity index (χ4n) is 3.26. The molecule has 1 heterocycles. The van der Waals surface area contributed by atoms with Crippen molar-refractivity contribution in [3.8, 4) is 0 Å². The predicted octanol–water partition coefficient (Wildman–Crippen LogP) is 3.76. The zero-order chi connectivity index (χ0) is 18.8. The van der Waals surface area contributed by atoms with Crippen LogP contribution in [-0.4, -0.2) is 56.8 Å². The molecule has 7 heteroatoms. The second kappa shape index (κ2) is 13.6. The van der Waals surface area contributed by atoms with Crippen LogP contribution in [0.4, 0.5) is 0 Å². The lowest BCUT2D eigenvalue weighted by Crippen LogP contribution is -2.44. The van der Waals surface area contributed by atoms with Gasteiger partial charge in [-0.05, 0) is 57.3 Å². The van der Waals surface area contributed by atoms with Gasteiger partial charge in [0.05, 0.1) is 6.61 Å². The largest absolute Gasteiger partial charge is 0.383 e. The Balaban J connectivity index is 0.00000364. The Labute approximate surface area is 186 Å². The molecule has 1 aromatic rings. The average Bonchev–Trinajstić information content (AvgIpc) is 2.63. The number of nitrogens with zero attached hydrogens (tertiary/aromatic N) is 2. The molecule has 0 bridgehead atoms. The van der Waals surface area contributed by atoms with E-state index in [0.29, 0.717) is 12.5 Å². The Kier molecular flexibility index (Phi) is 12.3. The van der Waals surface area contributed by atoms with Gasteiger partial charge in [0.25, 0.3) is 0 Å². The van der Waals surface area contributed by atoms with Gasteiger partial charge in [-0.25, -0.2) is 0 Å². The van der Waals surface area contributed by atoms with Crippen molar-refractivity contribution in [3.05, 3.63) is 34.9 Å². The van der Waals surface area contributed by atoms with Gasteiger partial charge < -0.3 is 15.4 Å². The molecule has 2 rings (SSSR count). The fraction of sp³-hybridized carbons (Fsp3) is 0.650. The first-order chi connectivity index (χ1) is 12.6. The Morgan fingerprint density at radius 1 is 1.33 bits per heavy atom. The first-order valence-electron chi connectivity index (χ1n) is 9.62. The van der Waals surface area contributed by atoms with Crippen LogP contribution in [0, 0.1) is 5.92 Å². The minimum atomic E-state index is 0. The van der Waals surface area contributed by atoms with Crippen LogP contribution >= 0.6 is 35.6 Å². The molecule has 154 valence electrons. The third-order valence-electron chi connectivity index (χ3n) is 4.71. The maximum Gasteiger partial charge on any atom is 0.191 e. The summed E-state index contributed by atoms with van der Waals surface area (Å²) in [6.07, 6.45) is 2.36. The number of benzene rings is 1. The van der Waals surface area contributed by atoms with Crippen LogP contribution in [0.5, 0.6) is 0 Å². The summed E-state index contributed by atoms with van der Waals surface area (Å²) in [7, 11) is 1.72. The minimum Gasteiger partial charge on any atom is -0.383 e. The van der Waals surface area contributed by atoms with Gasteiger partial charge in [0.2, 0.25) is 0 Å². The number of hydrogen-bond acceptors (Lipinski definition) is 3. The predicted molar refractivity (Wildman–Crippen MR) is 125 cm³/mol.